The molecule has 0 amide bonds. The Kier molecular flexibility index (Phi) is 7.34. The fourth-order valence-electron chi connectivity index (χ4n) is 2.91. The van der Waals surface area contributed by atoms with E-state index in [-0.39, 0.29) is 4.90 Å². The van der Waals surface area contributed by atoms with Crippen molar-refractivity contribution in [2.45, 2.75) is 44.9 Å². The molecule has 0 unspecified atom stereocenters. The monoisotopic (exact) mass is 367 g/mol. The second kappa shape index (κ2) is 9.26. The Labute approximate surface area is 151 Å². The molecule has 1 saturated heterocycles. The van der Waals surface area contributed by atoms with E-state index in [0.717, 1.165) is 38.2 Å². The molecule has 25 heavy (non-hydrogen) atoms. The summed E-state index contributed by atoms with van der Waals surface area (Å²) in [5.74, 6) is 0.557. The Bertz CT molecular complexity index is 659. The number of piperidine rings is 1. The van der Waals surface area contributed by atoms with Crippen molar-refractivity contribution >= 4 is 21.6 Å². The number of nitrogens with one attached hydrogen (secondary N) is 1. The number of nitrogens with zero attached hydrogens (tertiary/aromatic N) is 4. The van der Waals surface area contributed by atoms with E-state index in [0.29, 0.717) is 18.9 Å². The van der Waals surface area contributed by atoms with Crippen molar-refractivity contribution in [3.8, 4) is 0 Å². The number of sulfonamides is 1. The summed E-state index contributed by atoms with van der Waals surface area (Å²) in [5.41, 5.74) is 4.08. The molecule has 2 heterocycles. The molecule has 1 fully saturated rings. The van der Waals surface area contributed by atoms with Crippen molar-refractivity contribution < 1.29 is 8.42 Å². The van der Waals surface area contributed by atoms with Crippen LogP contribution in [0.25, 0.3) is 0 Å². The molecule has 2 rings (SSSR count). The summed E-state index contributed by atoms with van der Waals surface area (Å²) >= 11 is 0. The normalized spacial score (nSPS) is 16.2. The van der Waals surface area contributed by atoms with E-state index in [1.807, 2.05) is 13.8 Å². The highest BCUT2D eigenvalue weighted by molar-refractivity contribution is 7.89. The van der Waals surface area contributed by atoms with Crippen LogP contribution in [0.15, 0.2) is 28.3 Å². The van der Waals surface area contributed by atoms with E-state index in [4.69, 9.17) is 0 Å². The zero-order valence-electron chi connectivity index (χ0n) is 15.4. The van der Waals surface area contributed by atoms with Crippen LogP contribution in [0.2, 0.25) is 0 Å². The number of aromatic nitrogens is 1. The largest absolute Gasteiger partial charge is 0.303 e. The maximum Gasteiger partial charge on any atom is 0.244 e. The summed E-state index contributed by atoms with van der Waals surface area (Å²) in [6, 6.07) is 3.24. The molecular formula is C17H29N5O2S. The van der Waals surface area contributed by atoms with Crippen molar-refractivity contribution in [1.82, 2.24) is 14.2 Å². The average Bonchev–Trinajstić information content (AvgIpc) is 2.62. The standard InChI is InChI=1S/C17H29N5O2S/c1-4-11-21-12-9-15(10-13-21)19-20-17-8-7-16(14-18-17)25(23,24)22(5-2)6-3/h7-8,14H,4-6,9-13H2,1-3H3,(H,18,20). The van der Waals surface area contributed by atoms with Gasteiger partial charge < -0.3 is 4.90 Å². The molecule has 1 aromatic rings. The minimum absolute atomic E-state index is 0.210. The van der Waals surface area contributed by atoms with Gasteiger partial charge in [-0.15, -0.1) is 0 Å². The first-order chi connectivity index (χ1) is 12.0. The van der Waals surface area contributed by atoms with E-state index in [9.17, 15) is 8.42 Å². The molecule has 0 radical (unpaired) electrons. The summed E-state index contributed by atoms with van der Waals surface area (Å²) in [4.78, 5) is 6.85. The molecule has 140 valence electrons. The smallest absolute Gasteiger partial charge is 0.244 e. The fourth-order valence-corrected chi connectivity index (χ4v) is 4.31. The number of hydrazone groups is 1. The highest BCUT2D eigenvalue weighted by Gasteiger charge is 2.21. The molecule has 1 aliphatic heterocycles. The summed E-state index contributed by atoms with van der Waals surface area (Å²) < 4.78 is 26.3. The van der Waals surface area contributed by atoms with Crippen LogP contribution in [0.1, 0.15) is 40.0 Å². The van der Waals surface area contributed by atoms with E-state index in [1.165, 1.54) is 16.9 Å². The third-order valence-corrected chi connectivity index (χ3v) is 6.41. The van der Waals surface area contributed by atoms with Crippen LogP contribution in [0.5, 0.6) is 0 Å². The maximum atomic E-state index is 12.4. The van der Waals surface area contributed by atoms with Crippen LogP contribution in [0.3, 0.4) is 0 Å². The summed E-state index contributed by atoms with van der Waals surface area (Å²) in [6.07, 6.45) is 4.49. The van der Waals surface area contributed by atoms with Gasteiger partial charge >= 0.3 is 0 Å². The average molecular weight is 368 g/mol. The summed E-state index contributed by atoms with van der Waals surface area (Å²) in [7, 11) is -3.46. The second-order valence-electron chi connectivity index (χ2n) is 6.10. The Morgan fingerprint density at radius 3 is 2.40 bits per heavy atom. The number of rotatable bonds is 8. The SMILES string of the molecule is CCCN1CCC(=NNc2ccc(S(=O)(=O)N(CC)CC)cn2)CC1. The molecule has 1 N–H and O–H groups in total. The van der Waals surface area contributed by atoms with E-state index in [1.54, 1.807) is 12.1 Å². The first kappa shape index (κ1) is 19.8. The third-order valence-electron chi connectivity index (χ3n) is 4.38. The van der Waals surface area contributed by atoms with Crippen molar-refractivity contribution in [3.05, 3.63) is 18.3 Å². The topological polar surface area (TPSA) is 77.9 Å². The first-order valence-corrected chi connectivity index (χ1v) is 10.4. The molecule has 0 saturated carbocycles. The number of pyridine rings is 1. The second-order valence-corrected chi connectivity index (χ2v) is 8.04. The van der Waals surface area contributed by atoms with Crippen LogP contribution >= 0.6 is 0 Å². The number of hydrogen-bond donors (Lipinski definition) is 1. The maximum absolute atomic E-state index is 12.4. The highest BCUT2D eigenvalue weighted by Crippen LogP contribution is 2.16. The molecule has 8 heteroatoms. The van der Waals surface area contributed by atoms with Crippen molar-refractivity contribution in [3.63, 3.8) is 0 Å². The summed E-state index contributed by atoms with van der Waals surface area (Å²) in [6.45, 7) is 9.97. The van der Waals surface area contributed by atoms with Crippen LogP contribution in [-0.2, 0) is 10.0 Å². The van der Waals surface area contributed by atoms with E-state index in [2.05, 4.69) is 27.3 Å². The number of likely N-dealkylation sites (tertiary alicyclic amines) is 1. The van der Waals surface area contributed by atoms with Gasteiger partial charge in [0.1, 0.15) is 10.7 Å². The van der Waals surface area contributed by atoms with Gasteiger partial charge in [0.2, 0.25) is 10.0 Å². The molecule has 1 aromatic heterocycles. The molecule has 0 spiro atoms. The van der Waals surface area contributed by atoms with Gasteiger partial charge in [0.05, 0.1) is 0 Å². The Morgan fingerprint density at radius 2 is 1.88 bits per heavy atom. The van der Waals surface area contributed by atoms with Crippen LogP contribution < -0.4 is 5.43 Å². The lowest BCUT2D eigenvalue weighted by molar-refractivity contribution is 0.275. The zero-order valence-corrected chi connectivity index (χ0v) is 16.2. The number of anilines is 1. The first-order valence-electron chi connectivity index (χ1n) is 9.01. The molecule has 0 aliphatic carbocycles. The van der Waals surface area contributed by atoms with Gasteiger partial charge in [-0.05, 0) is 25.1 Å². The molecule has 7 nitrogen and oxygen atoms in total. The third kappa shape index (κ3) is 5.23. The van der Waals surface area contributed by atoms with Gasteiger partial charge in [0, 0.05) is 50.9 Å². The lowest BCUT2D eigenvalue weighted by Crippen LogP contribution is -2.34. The Balaban J connectivity index is 1.96. The minimum Gasteiger partial charge on any atom is -0.303 e. The lowest BCUT2D eigenvalue weighted by atomic mass is 10.1. The predicted molar refractivity (Wildman–Crippen MR) is 101 cm³/mol. The van der Waals surface area contributed by atoms with E-state index < -0.39 is 10.0 Å². The number of hydrogen-bond acceptors (Lipinski definition) is 6. The van der Waals surface area contributed by atoms with Crippen molar-refractivity contribution in [2.75, 3.05) is 38.1 Å². The predicted octanol–water partition coefficient (Wildman–Crippen LogP) is 2.39. The van der Waals surface area contributed by atoms with Gasteiger partial charge in [-0.2, -0.15) is 9.41 Å². The fraction of sp³-hybridized carbons (Fsp3) is 0.647. The van der Waals surface area contributed by atoms with Crippen LogP contribution in [0.4, 0.5) is 5.82 Å². The Hall–Kier alpha value is -1.51. The summed E-state index contributed by atoms with van der Waals surface area (Å²) in [5, 5.41) is 4.42. The van der Waals surface area contributed by atoms with Crippen LogP contribution in [-0.4, -0.2) is 61.0 Å². The van der Waals surface area contributed by atoms with Gasteiger partial charge in [-0.3, -0.25) is 5.43 Å². The lowest BCUT2D eigenvalue weighted by Gasteiger charge is -2.26. The molecule has 0 atom stereocenters. The zero-order chi connectivity index (χ0) is 18.3. The van der Waals surface area contributed by atoms with Gasteiger partial charge in [-0.25, -0.2) is 13.4 Å². The highest BCUT2D eigenvalue weighted by atomic mass is 32.2. The van der Waals surface area contributed by atoms with Crippen LogP contribution in [0, 0.1) is 0 Å². The molecule has 0 aromatic carbocycles. The molecular weight excluding hydrogens is 338 g/mol. The quantitative estimate of drug-likeness (QED) is 0.714. The van der Waals surface area contributed by atoms with Gasteiger partial charge in [0.25, 0.3) is 0 Å². The van der Waals surface area contributed by atoms with Gasteiger partial charge in [0.15, 0.2) is 0 Å². The van der Waals surface area contributed by atoms with Crippen molar-refractivity contribution in [2.24, 2.45) is 5.10 Å². The van der Waals surface area contributed by atoms with Gasteiger partial charge in [-0.1, -0.05) is 20.8 Å². The molecule has 1 aliphatic rings. The minimum atomic E-state index is -3.46. The van der Waals surface area contributed by atoms with E-state index >= 15 is 0 Å². The van der Waals surface area contributed by atoms with Crippen molar-refractivity contribution in [1.29, 1.82) is 0 Å². The Morgan fingerprint density at radius 1 is 1.20 bits per heavy atom. The molecule has 0 bridgehead atoms.